The molecule has 11 heavy (non-hydrogen) atoms. The number of hydrogen-bond acceptors (Lipinski definition) is 3. The van der Waals surface area contributed by atoms with Gasteiger partial charge in [-0.3, -0.25) is 4.68 Å². The lowest BCUT2D eigenvalue weighted by molar-refractivity contribution is 0.320. The largest absolute Gasteiger partial charge is 0.410 e. The molecule has 0 radical (unpaired) electrons. The maximum Gasteiger partial charge on any atom is 0.195 e. The van der Waals surface area contributed by atoms with Crippen LogP contribution in [0.2, 0.25) is 5.02 Å². The maximum absolute atomic E-state index is 8.31. The van der Waals surface area contributed by atoms with Crippen LogP contribution in [-0.2, 0) is 7.05 Å². The van der Waals surface area contributed by atoms with Gasteiger partial charge in [-0.2, -0.15) is 5.10 Å². The van der Waals surface area contributed by atoms with Crippen molar-refractivity contribution in [3.8, 4) is 0 Å². The zero-order valence-electron chi connectivity index (χ0n) is 5.62. The Labute approximate surface area is 73.0 Å². The minimum atomic E-state index is -0.0741. The van der Waals surface area contributed by atoms with Gasteiger partial charge in [0.05, 0.1) is 11.2 Å². The minimum absolute atomic E-state index is 0.0741. The Morgan fingerprint density at radius 3 is 2.82 bits per heavy atom. The summed E-state index contributed by atoms with van der Waals surface area (Å²) in [5, 5.41) is 15.2. The Bertz CT molecular complexity index is 274. The fourth-order valence-electron chi connectivity index (χ4n) is 0.690. The Balaban J connectivity index is 3.21. The molecule has 1 N–H and O–H groups in total. The molecule has 4 nitrogen and oxygen atoms in total. The number of aromatic nitrogens is 2. The van der Waals surface area contributed by atoms with E-state index in [4.69, 9.17) is 28.4 Å². The highest BCUT2D eigenvalue weighted by Crippen LogP contribution is 2.16. The standard InChI is InChI=1S/C5H5Cl2N3O/c1-10-4(5(7)9-11)3(6)2-8-10/h2,11H,1H3. The van der Waals surface area contributed by atoms with Gasteiger partial charge in [0.25, 0.3) is 0 Å². The SMILES string of the molecule is Cn1ncc(Cl)c1C(Cl)=NO. The molecule has 0 amide bonds. The molecule has 0 aliphatic heterocycles. The summed E-state index contributed by atoms with van der Waals surface area (Å²) in [5.41, 5.74) is 0.399. The fraction of sp³-hybridized carbons (Fsp3) is 0.200. The molecule has 1 heterocycles. The number of rotatable bonds is 1. The van der Waals surface area contributed by atoms with Gasteiger partial charge in [0, 0.05) is 7.05 Å². The van der Waals surface area contributed by atoms with Crippen molar-refractivity contribution in [3.05, 3.63) is 16.9 Å². The number of halogens is 2. The van der Waals surface area contributed by atoms with Crippen LogP contribution in [0.5, 0.6) is 0 Å². The van der Waals surface area contributed by atoms with Crippen LogP contribution in [-0.4, -0.2) is 20.2 Å². The molecule has 0 bridgehead atoms. The number of oxime groups is 1. The Kier molecular flexibility index (Phi) is 2.36. The first-order valence-electron chi connectivity index (χ1n) is 2.72. The van der Waals surface area contributed by atoms with Gasteiger partial charge in [-0.15, -0.1) is 0 Å². The molecule has 0 saturated heterocycles. The van der Waals surface area contributed by atoms with Crippen LogP contribution in [0, 0.1) is 0 Å². The molecule has 0 saturated carbocycles. The molecule has 1 rings (SSSR count). The van der Waals surface area contributed by atoms with E-state index in [1.807, 2.05) is 0 Å². The van der Waals surface area contributed by atoms with Crippen LogP contribution in [0.4, 0.5) is 0 Å². The zero-order valence-corrected chi connectivity index (χ0v) is 7.13. The molecule has 1 aromatic heterocycles. The van der Waals surface area contributed by atoms with E-state index in [1.165, 1.54) is 10.9 Å². The Hall–Kier alpha value is -0.740. The van der Waals surface area contributed by atoms with Crippen LogP contribution in [0.1, 0.15) is 5.69 Å². The van der Waals surface area contributed by atoms with Crippen molar-refractivity contribution in [3.63, 3.8) is 0 Å². The first-order chi connectivity index (χ1) is 5.16. The summed E-state index contributed by atoms with van der Waals surface area (Å²) >= 11 is 11.2. The van der Waals surface area contributed by atoms with Crippen molar-refractivity contribution in [1.82, 2.24) is 9.78 Å². The lowest BCUT2D eigenvalue weighted by Crippen LogP contribution is -2.02. The molecular formula is C5H5Cl2N3O. The third-order valence-electron chi connectivity index (χ3n) is 1.18. The lowest BCUT2D eigenvalue weighted by atomic mass is 10.4. The first-order valence-corrected chi connectivity index (χ1v) is 3.48. The third kappa shape index (κ3) is 1.46. The summed E-state index contributed by atoms with van der Waals surface area (Å²) in [5.74, 6) is 0. The first kappa shape index (κ1) is 8.36. The average molecular weight is 194 g/mol. The average Bonchev–Trinajstić information content (AvgIpc) is 2.30. The summed E-state index contributed by atoms with van der Waals surface area (Å²) in [7, 11) is 1.65. The summed E-state index contributed by atoms with van der Waals surface area (Å²) in [6, 6.07) is 0. The van der Waals surface area contributed by atoms with E-state index in [2.05, 4.69) is 10.3 Å². The highest BCUT2D eigenvalue weighted by molar-refractivity contribution is 6.70. The number of nitrogens with zero attached hydrogens (tertiary/aromatic N) is 3. The molecular weight excluding hydrogens is 189 g/mol. The van der Waals surface area contributed by atoms with E-state index >= 15 is 0 Å². The van der Waals surface area contributed by atoms with Gasteiger partial charge < -0.3 is 5.21 Å². The van der Waals surface area contributed by atoms with Crippen molar-refractivity contribution < 1.29 is 5.21 Å². The normalized spacial score (nSPS) is 12.1. The zero-order chi connectivity index (χ0) is 8.43. The second-order valence-electron chi connectivity index (χ2n) is 1.86. The maximum atomic E-state index is 8.31. The van der Waals surface area contributed by atoms with Crippen LogP contribution in [0.15, 0.2) is 11.4 Å². The second-order valence-corrected chi connectivity index (χ2v) is 2.62. The third-order valence-corrected chi connectivity index (χ3v) is 1.71. The molecule has 60 valence electrons. The molecule has 0 aliphatic carbocycles. The quantitative estimate of drug-likeness (QED) is 0.417. The fourth-order valence-corrected chi connectivity index (χ4v) is 1.22. The van der Waals surface area contributed by atoms with E-state index in [-0.39, 0.29) is 5.17 Å². The van der Waals surface area contributed by atoms with E-state index in [0.29, 0.717) is 10.7 Å². The second kappa shape index (κ2) is 3.11. The van der Waals surface area contributed by atoms with Crippen molar-refractivity contribution in [2.75, 3.05) is 0 Å². The Morgan fingerprint density at radius 2 is 2.45 bits per heavy atom. The van der Waals surface area contributed by atoms with Crippen LogP contribution < -0.4 is 0 Å². The molecule has 6 heteroatoms. The van der Waals surface area contributed by atoms with Crippen molar-refractivity contribution >= 4 is 28.4 Å². The number of hydrogen-bond donors (Lipinski definition) is 1. The molecule has 0 spiro atoms. The monoisotopic (exact) mass is 193 g/mol. The summed E-state index contributed by atoms with van der Waals surface area (Å²) in [6.07, 6.45) is 1.42. The molecule has 0 fully saturated rings. The highest BCUT2D eigenvalue weighted by atomic mass is 35.5. The predicted molar refractivity (Wildman–Crippen MR) is 42.4 cm³/mol. The molecule has 1 aromatic rings. The molecule has 0 aliphatic rings. The van der Waals surface area contributed by atoms with E-state index < -0.39 is 0 Å². The van der Waals surface area contributed by atoms with Gasteiger partial charge in [0.2, 0.25) is 0 Å². The van der Waals surface area contributed by atoms with Gasteiger partial charge in [-0.1, -0.05) is 28.4 Å². The van der Waals surface area contributed by atoms with Crippen LogP contribution in [0.25, 0.3) is 0 Å². The molecule has 0 aromatic carbocycles. The molecule has 0 atom stereocenters. The van der Waals surface area contributed by atoms with Crippen molar-refractivity contribution in [2.45, 2.75) is 0 Å². The van der Waals surface area contributed by atoms with Gasteiger partial charge in [0.15, 0.2) is 5.17 Å². The van der Waals surface area contributed by atoms with Crippen LogP contribution >= 0.6 is 23.2 Å². The lowest BCUT2D eigenvalue weighted by Gasteiger charge is -1.96. The topological polar surface area (TPSA) is 50.4 Å². The smallest absolute Gasteiger partial charge is 0.195 e. The summed E-state index contributed by atoms with van der Waals surface area (Å²) in [4.78, 5) is 0. The minimum Gasteiger partial charge on any atom is -0.410 e. The predicted octanol–water partition coefficient (Wildman–Crippen LogP) is 1.45. The van der Waals surface area contributed by atoms with Crippen molar-refractivity contribution in [2.24, 2.45) is 12.2 Å². The van der Waals surface area contributed by atoms with Gasteiger partial charge >= 0.3 is 0 Å². The Morgan fingerprint density at radius 1 is 1.82 bits per heavy atom. The van der Waals surface area contributed by atoms with Crippen LogP contribution in [0.3, 0.4) is 0 Å². The van der Waals surface area contributed by atoms with E-state index in [1.54, 1.807) is 7.05 Å². The van der Waals surface area contributed by atoms with Gasteiger partial charge in [-0.05, 0) is 0 Å². The summed E-state index contributed by atoms with van der Waals surface area (Å²) < 4.78 is 1.42. The summed E-state index contributed by atoms with van der Waals surface area (Å²) in [6.45, 7) is 0. The van der Waals surface area contributed by atoms with Gasteiger partial charge in [-0.25, -0.2) is 0 Å². The molecule has 0 unspecified atom stereocenters. The highest BCUT2D eigenvalue weighted by Gasteiger charge is 2.11. The van der Waals surface area contributed by atoms with E-state index in [0.717, 1.165) is 0 Å². The number of aryl methyl sites for hydroxylation is 1. The van der Waals surface area contributed by atoms with Gasteiger partial charge in [0.1, 0.15) is 5.69 Å². The van der Waals surface area contributed by atoms with E-state index in [9.17, 15) is 0 Å². The van der Waals surface area contributed by atoms with Crippen molar-refractivity contribution in [1.29, 1.82) is 0 Å².